The van der Waals surface area contributed by atoms with Crippen LogP contribution in [0.25, 0.3) is 16.5 Å². The fourth-order valence-corrected chi connectivity index (χ4v) is 3.96. The highest BCUT2D eigenvalue weighted by atomic mass is 15.1. The van der Waals surface area contributed by atoms with Gasteiger partial charge in [-0.1, -0.05) is 72.8 Å². The first-order valence-electron chi connectivity index (χ1n) is 9.70. The van der Waals surface area contributed by atoms with Gasteiger partial charge in [-0.15, -0.1) is 0 Å². The summed E-state index contributed by atoms with van der Waals surface area (Å²) in [6.07, 6.45) is 2.10. The molecule has 0 amide bonds. The number of nitriles is 1. The van der Waals surface area contributed by atoms with E-state index in [1.807, 2.05) is 42.5 Å². The first-order valence-corrected chi connectivity index (χ1v) is 9.70. The monoisotopic (exact) mass is 373 g/mol. The lowest BCUT2D eigenvalue weighted by atomic mass is 9.86. The average Bonchev–Trinajstić information content (AvgIpc) is 2.79. The second-order valence-electron chi connectivity index (χ2n) is 7.21. The molecule has 0 bridgehead atoms. The summed E-state index contributed by atoms with van der Waals surface area (Å²) in [7, 11) is 0. The maximum absolute atomic E-state index is 10.0. The Hall–Kier alpha value is -3.90. The van der Waals surface area contributed by atoms with Crippen LogP contribution in [0.2, 0.25) is 0 Å². The predicted octanol–water partition coefficient (Wildman–Crippen LogP) is 5.90. The van der Waals surface area contributed by atoms with Crippen molar-refractivity contribution in [1.29, 1.82) is 5.26 Å². The van der Waals surface area contributed by atoms with Crippen molar-refractivity contribution in [2.45, 2.75) is 12.5 Å². The molecular formula is C26H19N3. The molecule has 3 nitrogen and oxygen atoms in total. The second-order valence-corrected chi connectivity index (χ2v) is 7.21. The zero-order valence-electron chi connectivity index (χ0n) is 15.9. The summed E-state index contributed by atoms with van der Waals surface area (Å²) in [5, 5.41) is 11.1. The molecule has 1 aliphatic rings. The van der Waals surface area contributed by atoms with E-state index in [2.05, 4.69) is 65.7 Å². The van der Waals surface area contributed by atoms with Crippen molar-refractivity contribution in [2.24, 2.45) is 0 Å². The summed E-state index contributed by atoms with van der Waals surface area (Å²) in [5.41, 5.74) is 6.05. The standard InChI is InChI=1S/C26H19N3/c27-16-22-21-11-5-7-13-26(21)29(17-19-8-2-1-3-9-19)18-23(22)25-15-14-20-10-4-6-12-24(20)28-25/h1-15,18,22H,17H2/t22-/m0/s1. The van der Waals surface area contributed by atoms with Crippen LogP contribution in [0.5, 0.6) is 0 Å². The van der Waals surface area contributed by atoms with E-state index < -0.39 is 0 Å². The Labute approximate surface area is 170 Å². The van der Waals surface area contributed by atoms with Crippen molar-refractivity contribution in [1.82, 2.24) is 4.98 Å². The SMILES string of the molecule is N#C[C@@H]1C(c2ccc3ccccc3n2)=CN(Cc2ccccc2)c2ccccc21. The number of allylic oxidation sites excluding steroid dienone is 1. The van der Waals surface area contributed by atoms with Crippen LogP contribution < -0.4 is 4.90 Å². The first-order chi connectivity index (χ1) is 14.3. The van der Waals surface area contributed by atoms with Gasteiger partial charge < -0.3 is 4.90 Å². The molecule has 3 aromatic carbocycles. The van der Waals surface area contributed by atoms with Crippen molar-refractivity contribution in [2.75, 3.05) is 4.90 Å². The molecular weight excluding hydrogens is 354 g/mol. The molecule has 29 heavy (non-hydrogen) atoms. The average molecular weight is 373 g/mol. The van der Waals surface area contributed by atoms with E-state index in [9.17, 15) is 5.26 Å². The summed E-state index contributed by atoms with van der Waals surface area (Å²) in [6.45, 7) is 0.743. The van der Waals surface area contributed by atoms with Crippen LogP contribution in [0.1, 0.15) is 22.7 Å². The van der Waals surface area contributed by atoms with Gasteiger partial charge in [0.25, 0.3) is 0 Å². The highest BCUT2D eigenvalue weighted by Crippen LogP contribution is 2.42. The molecule has 0 N–H and O–H groups in total. The molecule has 0 saturated heterocycles. The van der Waals surface area contributed by atoms with Crippen LogP contribution in [0, 0.1) is 11.3 Å². The van der Waals surface area contributed by atoms with E-state index in [0.29, 0.717) is 0 Å². The van der Waals surface area contributed by atoms with Gasteiger partial charge in [-0.3, -0.25) is 0 Å². The van der Waals surface area contributed by atoms with Gasteiger partial charge in [0, 0.05) is 29.4 Å². The molecule has 0 aliphatic carbocycles. The van der Waals surface area contributed by atoms with Crippen LogP contribution in [0.4, 0.5) is 5.69 Å². The normalized spacial score (nSPS) is 15.5. The van der Waals surface area contributed by atoms with E-state index in [1.165, 1.54) is 5.56 Å². The van der Waals surface area contributed by atoms with Crippen molar-refractivity contribution in [3.05, 3.63) is 114 Å². The number of nitrogens with zero attached hydrogens (tertiary/aromatic N) is 3. The van der Waals surface area contributed by atoms with Crippen molar-refractivity contribution in [3.63, 3.8) is 0 Å². The van der Waals surface area contributed by atoms with Gasteiger partial charge in [-0.25, -0.2) is 4.98 Å². The minimum Gasteiger partial charge on any atom is -0.343 e. The number of hydrogen-bond donors (Lipinski definition) is 0. The minimum absolute atomic E-state index is 0.341. The lowest BCUT2D eigenvalue weighted by Gasteiger charge is -2.32. The van der Waals surface area contributed by atoms with Crippen LogP contribution >= 0.6 is 0 Å². The van der Waals surface area contributed by atoms with Gasteiger partial charge in [0.05, 0.1) is 17.3 Å². The Morgan fingerprint density at radius 3 is 2.45 bits per heavy atom. The summed E-state index contributed by atoms with van der Waals surface area (Å²) in [4.78, 5) is 7.09. The molecule has 0 radical (unpaired) electrons. The maximum atomic E-state index is 10.0. The van der Waals surface area contributed by atoms with Crippen molar-refractivity contribution in [3.8, 4) is 6.07 Å². The fourth-order valence-electron chi connectivity index (χ4n) is 3.96. The fraction of sp³-hybridized carbons (Fsp3) is 0.0769. The van der Waals surface area contributed by atoms with E-state index in [0.717, 1.165) is 40.0 Å². The maximum Gasteiger partial charge on any atom is 0.102 e. The third-order valence-corrected chi connectivity index (χ3v) is 5.38. The van der Waals surface area contributed by atoms with Crippen LogP contribution in [0.3, 0.4) is 0 Å². The predicted molar refractivity (Wildman–Crippen MR) is 117 cm³/mol. The smallest absolute Gasteiger partial charge is 0.102 e. The third-order valence-electron chi connectivity index (χ3n) is 5.38. The molecule has 0 spiro atoms. The Bertz CT molecular complexity index is 1250. The molecule has 3 heteroatoms. The van der Waals surface area contributed by atoms with E-state index >= 15 is 0 Å². The largest absolute Gasteiger partial charge is 0.343 e. The third kappa shape index (κ3) is 3.15. The number of aromatic nitrogens is 1. The zero-order valence-corrected chi connectivity index (χ0v) is 15.9. The Balaban J connectivity index is 1.65. The highest BCUT2D eigenvalue weighted by molar-refractivity contribution is 5.85. The Kier molecular flexibility index (Phi) is 4.31. The molecule has 0 unspecified atom stereocenters. The first kappa shape index (κ1) is 17.2. The van der Waals surface area contributed by atoms with Gasteiger partial charge in [0.2, 0.25) is 0 Å². The number of pyridine rings is 1. The summed E-state index contributed by atoms with van der Waals surface area (Å²) in [6, 6.07) is 33.2. The molecule has 1 aromatic heterocycles. The molecule has 0 saturated carbocycles. The number of rotatable bonds is 3. The summed E-state index contributed by atoms with van der Waals surface area (Å²) >= 11 is 0. The van der Waals surface area contributed by atoms with Crippen LogP contribution in [-0.2, 0) is 6.54 Å². The molecule has 4 aromatic rings. The van der Waals surface area contributed by atoms with Crippen LogP contribution in [-0.4, -0.2) is 4.98 Å². The molecule has 5 rings (SSSR count). The van der Waals surface area contributed by atoms with Crippen LogP contribution in [0.15, 0.2) is 97.2 Å². The Morgan fingerprint density at radius 2 is 1.59 bits per heavy atom. The highest BCUT2D eigenvalue weighted by Gasteiger charge is 2.28. The van der Waals surface area contributed by atoms with E-state index in [-0.39, 0.29) is 5.92 Å². The van der Waals surface area contributed by atoms with E-state index in [4.69, 9.17) is 4.98 Å². The lowest BCUT2D eigenvalue weighted by molar-refractivity contribution is 0.916. The number of para-hydroxylation sites is 2. The molecule has 1 aliphatic heterocycles. The Morgan fingerprint density at radius 1 is 0.828 bits per heavy atom. The number of hydrogen-bond acceptors (Lipinski definition) is 3. The quantitative estimate of drug-likeness (QED) is 0.449. The molecule has 1 atom stereocenters. The number of benzene rings is 3. The summed E-state index contributed by atoms with van der Waals surface area (Å²) in [5.74, 6) is -0.341. The number of fused-ring (bicyclic) bond motifs is 2. The minimum atomic E-state index is -0.341. The molecule has 2 heterocycles. The zero-order chi connectivity index (χ0) is 19.6. The number of anilines is 1. The summed E-state index contributed by atoms with van der Waals surface area (Å²) < 4.78 is 0. The van der Waals surface area contributed by atoms with E-state index in [1.54, 1.807) is 0 Å². The van der Waals surface area contributed by atoms with Gasteiger partial charge in [-0.05, 0) is 29.3 Å². The van der Waals surface area contributed by atoms with Gasteiger partial charge in [-0.2, -0.15) is 5.26 Å². The van der Waals surface area contributed by atoms with Gasteiger partial charge in [0.1, 0.15) is 5.92 Å². The second kappa shape index (κ2) is 7.26. The van der Waals surface area contributed by atoms with Crippen molar-refractivity contribution < 1.29 is 0 Å². The molecule has 138 valence electrons. The molecule has 0 fully saturated rings. The van der Waals surface area contributed by atoms with Gasteiger partial charge in [0.15, 0.2) is 0 Å². The van der Waals surface area contributed by atoms with Crippen molar-refractivity contribution >= 4 is 22.2 Å². The van der Waals surface area contributed by atoms with Gasteiger partial charge >= 0.3 is 0 Å². The lowest BCUT2D eigenvalue weighted by Crippen LogP contribution is -2.23. The topological polar surface area (TPSA) is 39.9 Å².